The molecule has 0 spiro atoms. The van der Waals surface area contributed by atoms with Crippen molar-refractivity contribution in [3.05, 3.63) is 23.4 Å². The summed E-state index contributed by atoms with van der Waals surface area (Å²) in [6, 6.07) is 3.87. The molecule has 1 fully saturated rings. The normalized spacial score (nSPS) is 14.4. The molecule has 0 atom stereocenters. The van der Waals surface area contributed by atoms with Gasteiger partial charge in [-0.3, -0.25) is 4.79 Å². The number of amides is 1. The van der Waals surface area contributed by atoms with Crippen LogP contribution in [0.15, 0.2) is 12.1 Å². The first-order chi connectivity index (χ1) is 10.1. The van der Waals surface area contributed by atoms with Crippen LogP contribution < -0.4 is 10.6 Å². The number of anilines is 1. The molecule has 22 heavy (non-hydrogen) atoms. The van der Waals surface area contributed by atoms with E-state index in [-0.39, 0.29) is 11.8 Å². The highest BCUT2D eigenvalue weighted by molar-refractivity contribution is 5.92. The fourth-order valence-corrected chi connectivity index (χ4v) is 1.61. The fraction of sp³-hybridized carbons (Fsp3) is 0.462. The molecule has 0 aliphatic carbocycles. The maximum atomic E-state index is 11.6. The molecule has 1 aliphatic heterocycles. The van der Waals surface area contributed by atoms with Gasteiger partial charge >= 0.3 is 12.1 Å². The number of hydrogen-bond acceptors (Lipinski definition) is 4. The standard InChI is InChI=1S/C11H15N3O.C2HF3O2/c1-7-3-8(2)13-10(4-7)14-11(15)9-5-12-6-9;3-2(4,5)1(6)7/h3-4,9,12H,5-6H2,1-2H3,(H,13,14,15);(H,6,7). The SMILES string of the molecule is Cc1cc(C)nc(NC(=O)C2CNC2)c1.O=C(O)C(F)(F)F. The molecule has 2 rings (SSSR count). The first-order valence-corrected chi connectivity index (χ1v) is 6.36. The molecule has 0 bridgehead atoms. The second kappa shape index (κ2) is 7.21. The largest absolute Gasteiger partial charge is 0.490 e. The molecule has 3 N–H and O–H groups in total. The van der Waals surface area contributed by atoms with Crippen molar-refractivity contribution in [1.82, 2.24) is 10.3 Å². The van der Waals surface area contributed by atoms with E-state index in [1.807, 2.05) is 26.0 Å². The summed E-state index contributed by atoms with van der Waals surface area (Å²) < 4.78 is 31.7. The van der Waals surface area contributed by atoms with Crippen LogP contribution in [0.3, 0.4) is 0 Å². The second-order valence-electron chi connectivity index (χ2n) is 4.82. The van der Waals surface area contributed by atoms with Gasteiger partial charge in [-0.15, -0.1) is 0 Å². The van der Waals surface area contributed by atoms with Gasteiger partial charge in [-0.05, 0) is 31.5 Å². The number of nitrogens with zero attached hydrogens (tertiary/aromatic N) is 1. The van der Waals surface area contributed by atoms with Gasteiger partial charge in [0, 0.05) is 18.8 Å². The number of hydrogen-bond donors (Lipinski definition) is 3. The highest BCUT2D eigenvalue weighted by Gasteiger charge is 2.38. The number of rotatable bonds is 2. The summed E-state index contributed by atoms with van der Waals surface area (Å²) in [5, 5.41) is 13.0. The molecular weight excluding hydrogens is 303 g/mol. The third kappa shape index (κ3) is 5.68. The number of carbonyl (C=O) groups is 2. The maximum absolute atomic E-state index is 11.6. The van der Waals surface area contributed by atoms with Crippen LogP contribution in [0.25, 0.3) is 0 Å². The molecule has 1 amide bonds. The minimum atomic E-state index is -5.08. The molecule has 1 saturated heterocycles. The molecule has 2 heterocycles. The van der Waals surface area contributed by atoms with E-state index in [1.54, 1.807) is 0 Å². The summed E-state index contributed by atoms with van der Waals surface area (Å²) in [5.74, 6) is -1.93. The Labute approximate surface area is 124 Å². The van der Waals surface area contributed by atoms with Gasteiger partial charge in [-0.25, -0.2) is 9.78 Å². The van der Waals surface area contributed by atoms with Gasteiger partial charge < -0.3 is 15.7 Å². The molecule has 0 aromatic carbocycles. The molecular formula is C13H16F3N3O3. The number of nitrogens with one attached hydrogen (secondary N) is 2. The lowest BCUT2D eigenvalue weighted by atomic mass is 10.0. The van der Waals surface area contributed by atoms with Gasteiger partial charge in [0.2, 0.25) is 5.91 Å². The number of carboxylic acids is 1. The summed E-state index contributed by atoms with van der Waals surface area (Å²) in [7, 11) is 0. The van der Waals surface area contributed by atoms with Crippen LogP contribution in [0.1, 0.15) is 11.3 Å². The Kier molecular flexibility index (Phi) is 5.86. The van der Waals surface area contributed by atoms with Crippen molar-refractivity contribution < 1.29 is 27.9 Å². The minimum Gasteiger partial charge on any atom is -0.475 e. The highest BCUT2D eigenvalue weighted by atomic mass is 19.4. The van der Waals surface area contributed by atoms with E-state index in [0.717, 1.165) is 24.3 Å². The van der Waals surface area contributed by atoms with Crippen LogP contribution in [0.2, 0.25) is 0 Å². The number of carboxylic acid groups (broad SMARTS) is 1. The number of alkyl halides is 3. The van der Waals surface area contributed by atoms with Gasteiger partial charge in [-0.2, -0.15) is 13.2 Å². The molecule has 9 heteroatoms. The smallest absolute Gasteiger partial charge is 0.475 e. The van der Waals surface area contributed by atoms with Crippen molar-refractivity contribution in [1.29, 1.82) is 0 Å². The van der Waals surface area contributed by atoms with E-state index in [4.69, 9.17) is 9.90 Å². The van der Waals surface area contributed by atoms with Crippen molar-refractivity contribution in [2.45, 2.75) is 20.0 Å². The predicted octanol–water partition coefficient (Wildman–Crippen LogP) is 1.49. The monoisotopic (exact) mass is 319 g/mol. The summed E-state index contributed by atoms with van der Waals surface area (Å²) in [6.45, 7) is 5.47. The summed E-state index contributed by atoms with van der Waals surface area (Å²) in [6.07, 6.45) is -5.08. The van der Waals surface area contributed by atoms with Crippen molar-refractivity contribution in [3.63, 3.8) is 0 Å². The molecule has 0 unspecified atom stereocenters. The van der Waals surface area contributed by atoms with Crippen LogP contribution in [0.4, 0.5) is 19.0 Å². The molecule has 1 aliphatic rings. The Morgan fingerprint density at radius 3 is 2.23 bits per heavy atom. The molecule has 122 valence electrons. The van der Waals surface area contributed by atoms with Crippen molar-refractivity contribution in [3.8, 4) is 0 Å². The molecule has 0 radical (unpaired) electrons. The maximum Gasteiger partial charge on any atom is 0.490 e. The Balaban J connectivity index is 0.000000295. The van der Waals surface area contributed by atoms with Crippen molar-refractivity contribution >= 4 is 17.7 Å². The fourth-order valence-electron chi connectivity index (χ4n) is 1.61. The number of carbonyl (C=O) groups excluding carboxylic acids is 1. The lowest BCUT2D eigenvalue weighted by Crippen LogP contribution is -2.48. The third-order valence-electron chi connectivity index (χ3n) is 2.74. The topological polar surface area (TPSA) is 91.3 Å². The lowest BCUT2D eigenvalue weighted by molar-refractivity contribution is -0.192. The van der Waals surface area contributed by atoms with E-state index in [0.29, 0.717) is 5.82 Å². The van der Waals surface area contributed by atoms with E-state index in [1.165, 1.54) is 0 Å². The summed E-state index contributed by atoms with van der Waals surface area (Å²) in [5.41, 5.74) is 2.04. The van der Waals surface area contributed by atoms with Gasteiger partial charge in [0.15, 0.2) is 0 Å². The molecule has 1 aromatic rings. The number of aromatic nitrogens is 1. The van der Waals surface area contributed by atoms with E-state index >= 15 is 0 Å². The first-order valence-electron chi connectivity index (χ1n) is 6.36. The van der Waals surface area contributed by atoms with Crippen LogP contribution in [0, 0.1) is 19.8 Å². The third-order valence-corrected chi connectivity index (χ3v) is 2.74. The Morgan fingerprint density at radius 2 is 1.86 bits per heavy atom. The Bertz CT molecular complexity index is 537. The van der Waals surface area contributed by atoms with Crippen LogP contribution in [0.5, 0.6) is 0 Å². The zero-order valence-electron chi connectivity index (χ0n) is 12.0. The quantitative estimate of drug-likeness (QED) is 0.768. The van der Waals surface area contributed by atoms with Crippen LogP contribution in [-0.4, -0.2) is 41.2 Å². The lowest BCUT2D eigenvalue weighted by Gasteiger charge is -2.25. The molecule has 0 saturated carbocycles. The first kappa shape index (κ1) is 17.9. The number of halogens is 3. The van der Waals surface area contributed by atoms with E-state index < -0.39 is 12.1 Å². The molecule has 6 nitrogen and oxygen atoms in total. The number of aliphatic carboxylic acids is 1. The average molecular weight is 319 g/mol. The predicted molar refractivity (Wildman–Crippen MR) is 72.4 cm³/mol. The van der Waals surface area contributed by atoms with Crippen molar-refractivity contribution in [2.24, 2.45) is 5.92 Å². The summed E-state index contributed by atoms with van der Waals surface area (Å²) >= 11 is 0. The van der Waals surface area contributed by atoms with Gasteiger partial charge in [0.05, 0.1) is 5.92 Å². The highest BCUT2D eigenvalue weighted by Crippen LogP contribution is 2.13. The zero-order chi connectivity index (χ0) is 16.9. The second-order valence-corrected chi connectivity index (χ2v) is 4.82. The van der Waals surface area contributed by atoms with E-state index in [2.05, 4.69) is 15.6 Å². The number of aryl methyl sites for hydroxylation is 2. The van der Waals surface area contributed by atoms with Crippen LogP contribution >= 0.6 is 0 Å². The van der Waals surface area contributed by atoms with Gasteiger partial charge in [-0.1, -0.05) is 0 Å². The van der Waals surface area contributed by atoms with Gasteiger partial charge in [0.1, 0.15) is 5.82 Å². The minimum absolute atomic E-state index is 0.0613. The van der Waals surface area contributed by atoms with Crippen LogP contribution in [-0.2, 0) is 9.59 Å². The number of pyridine rings is 1. The van der Waals surface area contributed by atoms with E-state index in [9.17, 15) is 18.0 Å². The zero-order valence-corrected chi connectivity index (χ0v) is 12.0. The van der Waals surface area contributed by atoms with Crippen molar-refractivity contribution in [2.75, 3.05) is 18.4 Å². The van der Waals surface area contributed by atoms with Gasteiger partial charge in [0.25, 0.3) is 0 Å². The average Bonchev–Trinajstić information content (AvgIpc) is 2.23. The Morgan fingerprint density at radius 1 is 1.32 bits per heavy atom. The summed E-state index contributed by atoms with van der Waals surface area (Å²) in [4.78, 5) is 24.8. The molecule has 1 aromatic heterocycles. The Hall–Kier alpha value is -2.16.